The van der Waals surface area contributed by atoms with Crippen LogP contribution in [0.15, 0.2) is 41.3 Å². The molecule has 0 aliphatic rings. The number of aromatic nitrogens is 2. The lowest BCUT2D eigenvalue weighted by Gasteiger charge is -2.04. The van der Waals surface area contributed by atoms with Crippen molar-refractivity contribution in [1.29, 1.82) is 0 Å². The van der Waals surface area contributed by atoms with Gasteiger partial charge in [0.15, 0.2) is 0 Å². The Hall–Kier alpha value is -1.82. The van der Waals surface area contributed by atoms with E-state index < -0.39 is 10.0 Å². The fraction of sp³-hybridized carbons (Fsp3) is 0. The van der Waals surface area contributed by atoms with Gasteiger partial charge in [0.2, 0.25) is 0 Å². The number of rotatable bonds is 2. The molecule has 1 heterocycles. The minimum Gasteiger partial charge on any atom is -0.383 e. The van der Waals surface area contributed by atoms with Gasteiger partial charge < -0.3 is 5.73 Å². The molecule has 77 valence electrons. The molecule has 2 rings (SSSR count). The topological polar surface area (TPSA) is 78.0 Å². The maximum Gasteiger partial charge on any atom is 0.284 e. The molecule has 1 aromatic carbocycles. The van der Waals surface area contributed by atoms with E-state index in [0.29, 0.717) is 0 Å². The summed E-state index contributed by atoms with van der Waals surface area (Å²) in [5, 5.41) is 3.54. The van der Waals surface area contributed by atoms with Crippen LogP contribution in [0.25, 0.3) is 0 Å². The van der Waals surface area contributed by atoms with Crippen molar-refractivity contribution in [3.63, 3.8) is 0 Å². The first-order valence-corrected chi connectivity index (χ1v) is 5.58. The lowest BCUT2D eigenvalue weighted by atomic mass is 10.4. The standard InChI is InChI=1S/C9H8N3O2S/c10-9-6-7-11-12(9)15(13,14)8-4-2-1-3-5-8/h1-6H,10H2. The van der Waals surface area contributed by atoms with Crippen LogP contribution in [-0.4, -0.2) is 17.6 Å². The molecule has 5 nitrogen and oxygen atoms in total. The molecular weight excluding hydrogens is 214 g/mol. The van der Waals surface area contributed by atoms with Crippen molar-refractivity contribution >= 4 is 15.8 Å². The molecule has 0 fully saturated rings. The molecule has 1 aromatic heterocycles. The highest BCUT2D eigenvalue weighted by atomic mass is 32.2. The first kappa shape index (κ1) is 9.72. The maximum absolute atomic E-state index is 11.9. The van der Waals surface area contributed by atoms with Crippen LogP contribution in [-0.2, 0) is 10.0 Å². The average Bonchev–Trinajstić information content (AvgIpc) is 2.66. The Morgan fingerprint density at radius 2 is 1.93 bits per heavy atom. The quantitative estimate of drug-likeness (QED) is 0.802. The van der Waals surface area contributed by atoms with Crippen molar-refractivity contribution in [2.24, 2.45) is 0 Å². The molecule has 6 heteroatoms. The summed E-state index contributed by atoms with van der Waals surface area (Å²) in [6, 6.07) is 9.28. The summed E-state index contributed by atoms with van der Waals surface area (Å²) < 4.78 is 24.6. The molecule has 0 unspecified atom stereocenters. The summed E-state index contributed by atoms with van der Waals surface area (Å²) in [5.41, 5.74) is 5.45. The summed E-state index contributed by atoms with van der Waals surface area (Å²) in [4.78, 5) is 0.147. The van der Waals surface area contributed by atoms with Gasteiger partial charge in [0.05, 0.1) is 4.90 Å². The minimum absolute atomic E-state index is 0.0406. The zero-order valence-electron chi connectivity index (χ0n) is 7.66. The highest BCUT2D eigenvalue weighted by molar-refractivity contribution is 7.90. The summed E-state index contributed by atoms with van der Waals surface area (Å²) >= 11 is 0. The molecule has 0 saturated carbocycles. The van der Waals surface area contributed by atoms with Crippen LogP contribution in [0.1, 0.15) is 0 Å². The van der Waals surface area contributed by atoms with Crippen LogP contribution in [0, 0.1) is 6.20 Å². The van der Waals surface area contributed by atoms with E-state index in [4.69, 9.17) is 5.73 Å². The number of nitrogens with zero attached hydrogens (tertiary/aromatic N) is 2. The van der Waals surface area contributed by atoms with E-state index in [9.17, 15) is 8.42 Å². The van der Waals surface area contributed by atoms with E-state index in [1.165, 1.54) is 18.2 Å². The van der Waals surface area contributed by atoms with Crippen molar-refractivity contribution < 1.29 is 8.42 Å². The molecule has 0 spiro atoms. The second-order valence-electron chi connectivity index (χ2n) is 2.86. The molecule has 0 atom stereocenters. The number of nitrogens with two attached hydrogens (primary N) is 1. The van der Waals surface area contributed by atoms with Gasteiger partial charge in [-0.15, -0.1) is 4.09 Å². The predicted octanol–water partition coefficient (Wildman–Crippen LogP) is 0.502. The van der Waals surface area contributed by atoms with Crippen molar-refractivity contribution in [3.05, 3.63) is 42.6 Å². The first-order chi connectivity index (χ1) is 7.12. The lowest BCUT2D eigenvalue weighted by molar-refractivity contribution is 0.581. The number of anilines is 1. The maximum atomic E-state index is 11.9. The second kappa shape index (κ2) is 3.39. The van der Waals surface area contributed by atoms with Crippen LogP contribution in [0.2, 0.25) is 0 Å². The van der Waals surface area contributed by atoms with Crippen LogP contribution >= 0.6 is 0 Å². The van der Waals surface area contributed by atoms with E-state index in [-0.39, 0.29) is 10.7 Å². The Morgan fingerprint density at radius 3 is 2.47 bits per heavy atom. The third-order valence-corrected chi connectivity index (χ3v) is 3.47. The number of hydrogen-bond acceptors (Lipinski definition) is 4. The number of nitrogen functional groups attached to an aromatic ring is 1. The largest absolute Gasteiger partial charge is 0.383 e. The highest BCUT2D eigenvalue weighted by Crippen LogP contribution is 2.14. The van der Waals surface area contributed by atoms with Crippen LogP contribution in [0.5, 0.6) is 0 Å². The zero-order chi connectivity index (χ0) is 10.9. The van der Waals surface area contributed by atoms with Gasteiger partial charge >= 0.3 is 0 Å². The molecule has 1 radical (unpaired) electrons. The first-order valence-electron chi connectivity index (χ1n) is 4.14. The SMILES string of the molecule is Nc1c[c]nn1S(=O)(=O)c1ccccc1. The van der Waals surface area contributed by atoms with Crippen molar-refractivity contribution in [2.75, 3.05) is 5.73 Å². The molecule has 0 bridgehead atoms. The van der Waals surface area contributed by atoms with E-state index in [2.05, 4.69) is 11.3 Å². The Bertz CT molecular complexity index is 560. The molecule has 0 aliphatic heterocycles. The number of hydrogen-bond donors (Lipinski definition) is 1. The third-order valence-electron chi connectivity index (χ3n) is 1.85. The van der Waals surface area contributed by atoms with Gasteiger partial charge in [-0.3, -0.25) is 0 Å². The summed E-state index contributed by atoms with van der Waals surface area (Å²) in [6.07, 6.45) is 2.38. The van der Waals surface area contributed by atoms with E-state index in [1.54, 1.807) is 18.2 Å². The Kier molecular flexibility index (Phi) is 2.20. The fourth-order valence-corrected chi connectivity index (χ4v) is 2.33. The molecule has 0 amide bonds. The minimum atomic E-state index is -3.68. The molecular formula is C9H8N3O2S. The molecule has 15 heavy (non-hydrogen) atoms. The highest BCUT2D eigenvalue weighted by Gasteiger charge is 2.18. The van der Waals surface area contributed by atoms with Gasteiger partial charge in [0.25, 0.3) is 10.0 Å². The normalized spacial score (nSPS) is 11.5. The van der Waals surface area contributed by atoms with Gasteiger partial charge in [-0.1, -0.05) is 18.2 Å². The van der Waals surface area contributed by atoms with Crippen LogP contribution < -0.4 is 5.73 Å². The molecule has 0 aliphatic carbocycles. The molecule has 2 aromatic rings. The van der Waals surface area contributed by atoms with Crippen molar-refractivity contribution in [3.8, 4) is 0 Å². The lowest BCUT2D eigenvalue weighted by Crippen LogP contribution is -2.16. The summed E-state index contributed by atoms with van der Waals surface area (Å²) in [7, 11) is -3.68. The van der Waals surface area contributed by atoms with E-state index in [0.717, 1.165) is 4.09 Å². The Balaban J connectivity index is 2.60. The van der Waals surface area contributed by atoms with Gasteiger partial charge in [0.1, 0.15) is 12.0 Å². The zero-order valence-corrected chi connectivity index (χ0v) is 8.48. The number of benzene rings is 1. The second-order valence-corrected chi connectivity index (χ2v) is 4.63. The average molecular weight is 222 g/mol. The van der Waals surface area contributed by atoms with E-state index in [1.807, 2.05) is 0 Å². The van der Waals surface area contributed by atoms with E-state index >= 15 is 0 Å². The molecule has 2 N–H and O–H groups in total. The van der Waals surface area contributed by atoms with Crippen molar-refractivity contribution in [2.45, 2.75) is 4.90 Å². The van der Waals surface area contributed by atoms with Gasteiger partial charge in [-0.25, -0.2) is 0 Å². The third kappa shape index (κ3) is 1.59. The van der Waals surface area contributed by atoms with Gasteiger partial charge in [0, 0.05) is 6.07 Å². The monoisotopic (exact) mass is 222 g/mol. The fourth-order valence-electron chi connectivity index (χ4n) is 1.15. The van der Waals surface area contributed by atoms with Crippen molar-refractivity contribution in [1.82, 2.24) is 9.19 Å². The smallest absolute Gasteiger partial charge is 0.284 e. The Morgan fingerprint density at radius 1 is 1.27 bits per heavy atom. The summed E-state index contributed by atoms with van der Waals surface area (Å²) in [6.45, 7) is 0. The Labute approximate surface area is 87.2 Å². The predicted molar refractivity (Wildman–Crippen MR) is 54.5 cm³/mol. The molecule has 0 saturated heterocycles. The van der Waals surface area contributed by atoms with Gasteiger partial charge in [-0.05, 0) is 12.1 Å². The van der Waals surface area contributed by atoms with Crippen LogP contribution in [0.4, 0.5) is 5.82 Å². The summed E-state index contributed by atoms with van der Waals surface area (Å²) in [5.74, 6) is 0.0406. The van der Waals surface area contributed by atoms with Gasteiger partial charge in [-0.2, -0.15) is 13.5 Å². The van der Waals surface area contributed by atoms with Crippen LogP contribution in [0.3, 0.4) is 0 Å².